The van der Waals surface area contributed by atoms with Gasteiger partial charge in [-0.05, 0) is 42.9 Å². The Labute approximate surface area is 183 Å². The summed E-state index contributed by atoms with van der Waals surface area (Å²) in [5, 5.41) is 0. The van der Waals surface area contributed by atoms with Gasteiger partial charge >= 0.3 is 0 Å². The Morgan fingerprint density at radius 3 is 2.23 bits per heavy atom. The number of hydrogen-bond acceptors (Lipinski definition) is 3. The highest BCUT2D eigenvalue weighted by Crippen LogP contribution is 2.28. The van der Waals surface area contributed by atoms with Crippen LogP contribution in [0.4, 0.5) is 5.95 Å². The third-order valence-corrected chi connectivity index (χ3v) is 6.30. The summed E-state index contributed by atoms with van der Waals surface area (Å²) in [6.45, 7) is 2.25. The topological polar surface area (TPSA) is 38.1 Å². The van der Waals surface area contributed by atoms with Crippen LogP contribution in [0.15, 0.2) is 84.9 Å². The minimum atomic E-state index is 0.115. The van der Waals surface area contributed by atoms with Crippen LogP contribution in [0.3, 0.4) is 0 Å². The predicted molar refractivity (Wildman–Crippen MR) is 126 cm³/mol. The highest BCUT2D eigenvalue weighted by molar-refractivity contribution is 5.97. The molecule has 0 unspecified atom stereocenters. The van der Waals surface area contributed by atoms with Gasteiger partial charge in [0, 0.05) is 18.7 Å². The standard InChI is InChI=1S/C27H27N3O/c31-26(23-11-5-2-6-12-23)20-30-25-14-8-7-13-24(25)28-27(30)29-17-15-22(16-18-29)19-21-9-3-1-4-10-21/h1-14,22H,15-20H2. The van der Waals surface area contributed by atoms with Gasteiger partial charge in [-0.25, -0.2) is 4.98 Å². The molecule has 0 radical (unpaired) electrons. The van der Waals surface area contributed by atoms with Crippen LogP contribution in [0.5, 0.6) is 0 Å². The Balaban J connectivity index is 1.36. The molecule has 3 aromatic carbocycles. The van der Waals surface area contributed by atoms with Crippen molar-refractivity contribution < 1.29 is 4.79 Å². The Hall–Kier alpha value is -3.40. The van der Waals surface area contributed by atoms with Crippen molar-refractivity contribution in [1.82, 2.24) is 9.55 Å². The average Bonchev–Trinajstić information content (AvgIpc) is 3.19. The van der Waals surface area contributed by atoms with Gasteiger partial charge < -0.3 is 9.47 Å². The number of carbonyl (C=O) groups is 1. The number of fused-ring (bicyclic) bond motifs is 1. The van der Waals surface area contributed by atoms with Crippen molar-refractivity contribution >= 4 is 22.8 Å². The largest absolute Gasteiger partial charge is 0.342 e. The summed E-state index contributed by atoms with van der Waals surface area (Å²) in [7, 11) is 0. The number of anilines is 1. The van der Waals surface area contributed by atoms with Crippen molar-refractivity contribution in [1.29, 1.82) is 0 Å². The number of ketones is 1. The first kappa shape index (κ1) is 19.6. The van der Waals surface area contributed by atoms with Gasteiger partial charge in [-0.15, -0.1) is 0 Å². The molecular weight excluding hydrogens is 382 g/mol. The first-order valence-corrected chi connectivity index (χ1v) is 11.1. The van der Waals surface area contributed by atoms with E-state index in [-0.39, 0.29) is 5.78 Å². The van der Waals surface area contributed by atoms with Crippen LogP contribution in [0, 0.1) is 5.92 Å². The third kappa shape index (κ3) is 4.24. The number of aromatic nitrogens is 2. The maximum atomic E-state index is 13.0. The quantitative estimate of drug-likeness (QED) is 0.401. The first-order valence-electron chi connectivity index (χ1n) is 11.1. The van der Waals surface area contributed by atoms with Gasteiger partial charge in [0.05, 0.1) is 17.6 Å². The summed E-state index contributed by atoms with van der Waals surface area (Å²) in [4.78, 5) is 20.3. The maximum absolute atomic E-state index is 13.0. The second kappa shape index (κ2) is 8.76. The van der Waals surface area contributed by atoms with Gasteiger partial charge in [-0.3, -0.25) is 4.79 Å². The molecule has 5 rings (SSSR count). The van der Waals surface area contributed by atoms with E-state index >= 15 is 0 Å². The van der Waals surface area contributed by atoms with Crippen LogP contribution in [0.25, 0.3) is 11.0 Å². The van der Waals surface area contributed by atoms with Crippen molar-refractivity contribution in [2.24, 2.45) is 5.92 Å². The van der Waals surface area contributed by atoms with E-state index in [9.17, 15) is 4.79 Å². The summed E-state index contributed by atoms with van der Waals surface area (Å²) in [6.07, 6.45) is 3.42. The number of Topliss-reactive ketones (excluding diaryl/α,β-unsaturated/α-hetero) is 1. The van der Waals surface area contributed by atoms with E-state index in [1.807, 2.05) is 48.5 Å². The molecule has 0 atom stereocenters. The molecule has 1 aromatic heterocycles. The van der Waals surface area contributed by atoms with E-state index in [4.69, 9.17) is 4.98 Å². The average molecular weight is 410 g/mol. The predicted octanol–water partition coefficient (Wildman–Crippen LogP) is 5.38. The molecule has 0 N–H and O–H groups in total. The van der Waals surface area contributed by atoms with Crippen molar-refractivity contribution in [2.75, 3.05) is 18.0 Å². The normalized spacial score (nSPS) is 14.8. The summed E-state index contributed by atoms with van der Waals surface area (Å²) in [5.41, 5.74) is 4.13. The van der Waals surface area contributed by atoms with E-state index in [1.54, 1.807) is 0 Å². The molecule has 1 saturated heterocycles. The zero-order valence-electron chi connectivity index (χ0n) is 17.7. The van der Waals surface area contributed by atoms with E-state index in [2.05, 4.69) is 45.9 Å². The first-order chi connectivity index (χ1) is 15.3. The minimum Gasteiger partial charge on any atom is -0.342 e. The number of imidazole rings is 1. The van der Waals surface area contributed by atoms with Gasteiger partial charge in [0.1, 0.15) is 0 Å². The number of rotatable bonds is 6. The van der Waals surface area contributed by atoms with E-state index in [0.717, 1.165) is 54.9 Å². The molecule has 4 aromatic rings. The lowest BCUT2D eigenvalue weighted by Gasteiger charge is -2.33. The van der Waals surface area contributed by atoms with Crippen molar-refractivity contribution in [3.8, 4) is 0 Å². The zero-order valence-corrected chi connectivity index (χ0v) is 17.7. The molecule has 0 aliphatic carbocycles. The highest BCUT2D eigenvalue weighted by Gasteiger charge is 2.24. The molecule has 156 valence electrons. The fourth-order valence-electron chi connectivity index (χ4n) is 4.60. The highest BCUT2D eigenvalue weighted by atomic mass is 16.1. The lowest BCUT2D eigenvalue weighted by Crippen LogP contribution is -2.36. The molecule has 2 heterocycles. The molecule has 1 aliphatic heterocycles. The minimum absolute atomic E-state index is 0.115. The van der Waals surface area contributed by atoms with Gasteiger partial charge in [-0.1, -0.05) is 72.8 Å². The second-order valence-electron chi connectivity index (χ2n) is 8.40. The molecule has 0 bridgehead atoms. The summed E-state index contributed by atoms with van der Waals surface area (Å²) < 4.78 is 2.10. The van der Waals surface area contributed by atoms with Gasteiger partial charge in [0.25, 0.3) is 0 Å². The van der Waals surface area contributed by atoms with Crippen molar-refractivity contribution in [2.45, 2.75) is 25.8 Å². The van der Waals surface area contributed by atoms with E-state index in [0.29, 0.717) is 12.5 Å². The lowest BCUT2D eigenvalue weighted by atomic mass is 9.90. The maximum Gasteiger partial charge on any atom is 0.206 e. The molecule has 1 aliphatic rings. The Morgan fingerprint density at radius 1 is 0.839 bits per heavy atom. The Morgan fingerprint density at radius 2 is 1.48 bits per heavy atom. The Kier molecular flexibility index (Phi) is 5.53. The smallest absolute Gasteiger partial charge is 0.206 e. The summed E-state index contributed by atoms with van der Waals surface area (Å²) in [6, 6.07) is 28.4. The molecule has 0 saturated carbocycles. The van der Waals surface area contributed by atoms with Gasteiger partial charge in [-0.2, -0.15) is 0 Å². The molecule has 0 spiro atoms. The lowest BCUT2D eigenvalue weighted by molar-refractivity contribution is 0.0973. The van der Waals surface area contributed by atoms with Crippen LogP contribution in [0.1, 0.15) is 28.8 Å². The van der Waals surface area contributed by atoms with E-state index in [1.165, 1.54) is 5.56 Å². The molecular formula is C27H27N3O. The van der Waals surface area contributed by atoms with Crippen molar-refractivity contribution in [3.63, 3.8) is 0 Å². The number of piperidine rings is 1. The molecule has 4 nitrogen and oxygen atoms in total. The summed E-state index contributed by atoms with van der Waals surface area (Å²) >= 11 is 0. The van der Waals surface area contributed by atoms with Crippen LogP contribution < -0.4 is 4.90 Å². The van der Waals surface area contributed by atoms with Crippen molar-refractivity contribution in [3.05, 3.63) is 96.1 Å². The molecule has 0 amide bonds. The second-order valence-corrected chi connectivity index (χ2v) is 8.40. The number of nitrogens with zero attached hydrogens (tertiary/aromatic N) is 3. The fraction of sp³-hybridized carbons (Fsp3) is 0.259. The van der Waals surface area contributed by atoms with Crippen LogP contribution in [-0.4, -0.2) is 28.4 Å². The number of carbonyl (C=O) groups excluding carboxylic acids is 1. The number of benzene rings is 3. The SMILES string of the molecule is O=C(Cn1c(N2CCC(Cc3ccccc3)CC2)nc2ccccc21)c1ccccc1. The number of para-hydroxylation sites is 2. The third-order valence-electron chi connectivity index (χ3n) is 6.30. The Bertz CT molecular complexity index is 1160. The molecule has 1 fully saturated rings. The van der Waals surface area contributed by atoms with Gasteiger partial charge in [0.2, 0.25) is 5.95 Å². The number of hydrogen-bond donors (Lipinski definition) is 0. The van der Waals surface area contributed by atoms with Crippen LogP contribution >= 0.6 is 0 Å². The monoisotopic (exact) mass is 409 g/mol. The fourth-order valence-corrected chi connectivity index (χ4v) is 4.60. The molecule has 4 heteroatoms. The van der Waals surface area contributed by atoms with Crippen LogP contribution in [-0.2, 0) is 13.0 Å². The van der Waals surface area contributed by atoms with Gasteiger partial charge in [0.15, 0.2) is 5.78 Å². The van der Waals surface area contributed by atoms with E-state index < -0.39 is 0 Å². The van der Waals surface area contributed by atoms with Crippen LogP contribution in [0.2, 0.25) is 0 Å². The molecule has 31 heavy (non-hydrogen) atoms. The zero-order chi connectivity index (χ0) is 21.0. The summed E-state index contributed by atoms with van der Waals surface area (Å²) in [5.74, 6) is 1.73.